The molecule has 4 aromatic carbocycles. The summed E-state index contributed by atoms with van der Waals surface area (Å²) in [5.74, 6) is -0.509. The lowest BCUT2D eigenvalue weighted by atomic mass is 9.95. The molecule has 0 saturated heterocycles. The number of ketones is 2. The second-order valence-electron chi connectivity index (χ2n) is 7.73. The van der Waals surface area contributed by atoms with E-state index in [-0.39, 0.29) is 11.6 Å². The minimum atomic E-state index is -1.08. The minimum absolute atomic E-state index is 0.237. The van der Waals surface area contributed by atoms with Crippen molar-refractivity contribution < 1.29 is 19.8 Å². The van der Waals surface area contributed by atoms with E-state index < -0.39 is 12.2 Å². The summed E-state index contributed by atoms with van der Waals surface area (Å²) in [6, 6.07) is 34.2. The van der Waals surface area contributed by atoms with Gasteiger partial charge in [-0.1, -0.05) is 122 Å². The van der Waals surface area contributed by atoms with Gasteiger partial charge in [0.15, 0.2) is 11.6 Å². The molecule has 0 aliphatic rings. The highest BCUT2D eigenvalue weighted by atomic mass is 16.3. The molecule has 2 unspecified atom stereocenters. The molecule has 2 N–H and O–H groups in total. The SMILES string of the molecule is CCc1ccccc1C(=O)C(O)c1ccccc1.O=C(c1ccccc1)C(O)c1ccccc1. The highest BCUT2D eigenvalue weighted by Gasteiger charge is 2.20. The smallest absolute Gasteiger partial charge is 0.196 e. The quantitative estimate of drug-likeness (QED) is 0.349. The van der Waals surface area contributed by atoms with Crippen LogP contribution in [0.15, 0.2) is 115 Å². The molecule has 2 atom stereocenters. The van der Waals surface area contributed by atoms with E-state index in [4.69, 9.17) is 0 Å². The van der Waals surface area contributed by atoms with Crippen LogP contribution in [0, 0.1) is 0 Å². The Labute approximate surface area is 200 Å². The fourth-order valence-electron chi connectivity index (χ4n) is 3.55. The van der Waals surface area contributed by atoms with Crippen molar-refractivity contribution in [1.82, 2.24) is 0 Å². The highest BCUT2D eigenvalue weighted by molar-refractivity contribution is 6.01. The third kappa shape index (κ3) is 6.35. The number of carbonyl (C=O) groups excluding carboxylic acids is 2. The summed E-state index contributed by atoms with van der Waals surface area (Å²) in [6.07, 6.45) is -1.38. The Morgan fingerprint density at radius 1 is 0.588 bits per heavy atom. The monoisotopic (exact) mass is 452 g/mol. The van der Waals surface area contributed by atoms with Gasteiger partial charge in [0.1, 0.15) is 12.2 Å². The van der Waals surface area contributed by atoms with Gasteiger partial charge in [-0.3, -0.25) is 9.59 Å². The average Bonchev–Trinajstić information content (AvgIpc) is 2.93. The summed E-state index contributed by atoms with van der Waals surface area (Å²) in [7, 11) is 0. The lowest BCUT2D eigenvalue weighted by molar-refractivity contribution is 0.0743. The Morgan fingerprint density at radius 3 is 1.50 bits per heavy atom. The first-order valence-corrected chi connectivity index (χ1v) is 11.2. The molecule has 4 rings (SSSR count). The van der Waals surface area contributed by atoms with E-state index in [1.165, 1.54) is 0 Å². The molecule has 0 heterocycles. The molecule has 34 heavy (non-hydrogen) atoms. The molecule has 0 spiro atoms. The number of hydrogen-bond acceptors (Lipinski definition) is 4. The molecule has 0 saturated carbocycles. The predicted octanol–water partition coefficient (Wildman–Crippen LogP) is 5.77. The van der Waals surface area contributed by atoms with Gasteiger partial charge < -0.3 is 10.2 Å². The van der Waals surface area contributed by atoms with E-state index >= 15 is 0 Å². The molecule has 4 heteroatoms. The summed E-state index contributed by atoms with van der Waals surface area (Å²) in [6.45, 7) is 2.00. The van der Waals surface area contributed by atoms with Crippen LogP contribution in [-0.4, -0.2) is 21.8 Å². The van der Waals surface area contributed by atoms with Crippen LogP contribution in [0.4, 0.5) is 0 Å². The van der Waals surface area contributed by atoms with Gasteiger partial charge in [0, 0.05) is 11.1 Å². The third-order valence-electron chi connectivity index (χ3n) is 5.45. The molecule has 0 radical (unpaired) electrons. The topological polar surface area (TPSA) is 74.6 Å². The number of benzene rings is 4. The summed E-state index contributed by atoms with van der Waals surface area (Å²) >= 11 is 0. The zero-order chi connectivity index (χ0) is 24.3. The minimum Gasteiger partial charge on any atom is -0.380 e. The highest BCUT2D eigenvalue weighted by Crippen LogP contribution is 2.21. The maximum Gasteiger partial charge on any atom is 0.196 e. The molecular formula is C30H28O4. The zero-order valence-electron chi connectivity index (χ0n) is 19.0. The molecule has 0 aromatic heterocycles. The molecular weight excluding hydrogens is 424 g/mol. The Hall–Kier alpha value is -3.86. The van der Waals surface area contributed by atoms with E-state index in [2.05, 4.69) is 0 Å². The Balaban J connectivity index is 0.000000192. The summed E-state index contributed by atoms with van der Waals surface area (Å²) in [5.41, 5.74) is 3.36. The standard InChI is InChI=1S/C16H16O2.C14H12O2/c1-2-12-8-6-7-11-14(12)16(18)15(17)13-9-4-3-5-10-13;15-13(11-7-3-1-4-8-11)14(16)12-9-5-2-6-10-12/h3-11,15,17H,2H2,1H3;1-10,13,15H. The first-order chi connectivity index (χ1) is 16.5. The van der Waals surface area contributed by atoms with Crippen molar-refractivity contribution in [2.24, 2.45) is 0 Å². The Morgan fingerprint density at radius 2 is 1.00 bits per heavy atom. The largest absolute Gasteiger partial charge is 0.380 e. The maximum atomic E-state index is 12.3. The number of Topliss-reactive ketones (excluding diaryl/α,β-unsaturated/α-hetero) is 2. The number of aliphatic hydroxyl groups is 2. The molecule has 0 bridgehead atoms. The van der Waals surface area contributed by atoms with Crippen molar-refractivity contribution in [2.75, 3.05) is 0 Å². The maximum absolute atomic E-state index is 12.3. The lowest BCUT2D eigenvalue weighted by Gasteiger charge is -2.12. The number of aliphatic hydroxyl groups excluding tert-OH is 2. The second-order valence-corrected chi connectivity index (χ2v) is 7.73. The molecule has 0 amide bonds. The third-order valence-corrected chi connectivity index (χ3v) is 5.45. The number of aryl methyl sites for hydroxylation is 1. The van der Waals surface area contributed by atoms with Crippen LogP contribution in [0.1, 0.15) is 56.5 Å². The van der Waals surface area contributed by atoms with Gasteiger partial charge in [0.05, 0.1) is 0 Å². The molecule has 172 valence electrons. The van der Waals surface area contributed by atoms with Crippen LogP contribution in [-0.2, 0) is 6.42 Å². The summed E-state index contributed by atoms with van der Waals surface area (Å²) < 4.78 is 0. The van der Waals surface area contributed by atoms with Gasteiger partial charge in [0.2, 0.25) is 0 Å². The second kappa shape index (κ2) is 12.4. The molecule has 0 aliphatic carbocycles. The molecule has 4 nitrogen and oxygen atoms in total. The van der Waals surface area contributed by atoms with Gasteiger partial charge in [-0.2, -0.15) is 0 Å². The normalized spacial score (nSPS) is 12.1. The number of hydrogen-bond donors (Lipinski definition) is 2. The molecule has 0 aliphatic heterocycles. The van der Waals surface area contributed by atoms with Crippen LogP contribution >= 0.6 is 0 Å². The van der Waals surface area contributed by atoms with Crippen LogP contribution in [0.2, 0.25) is 0 Å². The lowest BCUT2D eigenvalue weighted by Crippen LogP contribution is -2.14. The van der Waals surface area contributed by atoms with Crippen LogP contribution < -0.4 is 0 Å². The molecule has 4 aromatic rings. The van der Waals surface area contributed by atoms with Crippen LogP contribution in [0.3, 0.4) is 0 Å². The fraction of sp³-hybridized carbons (Fsp3) is 0.133. The Bertz CT molecular complexity index is 1190. The van der Waals surface area contributed by atoms with E-state index in [1.54, 1.807) is 66.7 Å². The summed E-state index contributed by atoms with van der Waals surface area (Å²) in [4.78, 5) is 24.2. The average molecular weight is 453 g/mol. The van der Waals surface area contributed by atoms with Gasteiger partial charge >= 0.3 is 0 Å². The van der Waals surface area contributed by atoms with Crippen LogP contribution in [0.5, 0.6) is 0 Å². The van der Waals surface area contributed by atoms with Crippen molar-refractivity contribution in [3.63, 3.8) is 0 Å². The van der Waals surface area contributed by atoms with Crippen molar-refractivity contribution in [2.45, 2.75) is 25.6 Å². The van der Waals surface area contributed by atoms with Crippen molar-refractivity contribution in [3.8, 4) is 0 Å². The first-order valence-electron chi connectivity index (χ1n) is 11.2. The number of rotatable bonds is 7. The van der Waals surface area contributed by atoms with E-state index in [0.29, 0.717) is 22.3 Å². The van der Waals surface area contributed by atoms with Gasteiger partial charge in [-0.25, -0.2) is 0 Å². The predicted molar refractivity (Wildman–Crippen MR) is 134 cm³/mol. The first kappa shape index (κ1) is 24.8. The Kier molecular flexibility index (Phi) is 9.04. The van der Waals surface area contributed by atoms with Crippen molar-refractivity contribution in [3.05, 3.63) is 143 Å². The van der Waals surface area contributed by atoms with E-state index in [0.717, 1.165) is 12.0 Å². The van der Waals surface area contributed by atoms with Gasteiger partial charge in [-0.15, -0.1) is 0 Å². The van der Waals surface area contributed by atoms with Crippen molar-refractivity contribution >= 4 is 11.6 Å². The number of carbonyl (C=O) groups is 2. The fourth-order valence-corrected chi connectivity index (χ4v) is 3.55. The van der Waals surface area contributed by atoms with E-state index in [1.807, 2.05) is 55.5 Å². The van der Waals surface area contributed by atoms with Crippen LogP contribution in [0.25, 0.3) is 0 Å². The molecule has 0 fully saturated rings. The van der Waals surface area contributed by atoms with Gasteiger partial charge in [0.25, 0.3) is 0 Å². The van der Waals surface area contributed by atoms with Gasteiger partial charge in [-0.05, 0) is 23.1 Å². The summed E-state index contributed by atoms with van der Waals surface area (Å²) in [5, 5.41) is 20.0. The van der Waals surface area contributed by atoms with Crippen molar-refractivity contribution in [1.29, 1.82) is 0 Å². The van der Waals surface area contributed by atoms with E-state index in [9.17, 15) is 19.8 Å². The zero-order valence-corrected chi connectivity index (χ0v) is 19.0.